The first-order valence-corrected chi connectivity index (χ1v) is 7.72. The summed E-state index contributed by atoms with van der Waals surface area (Å²) in [6.07, 6.45) is 3.45. The quantitative estimate of drug-likeness (QED) is 0.595. The molecule has 25 heavy (non-hydrogen) atoms. The van der Waals surface area contributed by atoms with Crippen LogP contribution in [0.5, 0.6) is 5.75 Å². The van der Waals surface area contributed by atoms with Crippen LogP contribution in [0.15, 0.2) is 53.9 Å². The number of pyridine rings is 1. The van der Waals surface area contributed by atoms with Crippen LogP contribution in [-0.4, -0.2) is 29.6 Å². The maximum absolute atomic E-state index is 12.1. The van der Waals surface area contributed by atoms with Gasteiger partial charge < -0.3 is 10.1 Å². The molecule has 7 nitrogen and oxygen atoms in total. The van der Waals surface area contributed by atoms with Crippen LogP contribution in [-0.2, 0) is 11.3 Å². The van der Waals surface area contributed by atoms with E-state index in [1.54, 1.807) is 43.6 Å². The van der Waals surface area contributed by atoms with Gasteiger partial charge in [0.15, 0.2) is 0 Å². The number of aromatic nitrogens is 1. The molecule has 2 rings (SSSR count). The highest BCUT2D eigenvalue weighted by atomic mass is 16.5. The van der Waals surface area contributed by atoms with Gasteiger partial charge in [0, 0.05) is 24.7 Å². The number of hydrogen-bond acceptors (Lipinski definition) is 5. The van der Waals surface area contributed by atoms with Crippen LogP contribution in [0.1, 0.15) is 29.3 Å². The van der Waals surface area contributed by atoms with Crippen molar-refractivity contribution in [1.82, 2.24) is 15.7 Å². The topological polar surface area (TPSA) is 92.7 Å². The number of hydrazone groups is 1. The molecule has 0 radical (unpaired) electrons. The van der Waals surface area contributed by atoms with E-state index in [1.807, 2.05) is 12.1 Å². The number of ether oxygens (including phenoxy) is 1. The van der Waals surface area contributed by atoms with Gasteiger partial charge in [0.1, 0.15) is 5.75 Å². The molecule has 0 saturated carbocycles. The normalized spacial score (nSPS) is 10.9. The molecule has 1 aromatic carbocycles. The van der Waals surface area contributed by atoms with E-state index in [9.17, 15) is 9.59 Å². The SMILES string of the molecule is COc1ccccc1C(=O)NN=C(C)CC(=O)NCc1cccnc1. The number of rotatable bonds is 7. The number of hydrogen-bond donors (Lipinski definition) is 2. The fourth-order valence-electron chi connectivity index (χ4n) is 2.08. The minimum absolute atomic E-state index is 0.0897. The van der Waals surface area contributed by atoms with Gasteiger partial charge in [-0.25, -0.2) is 5.43 Å². The van der Waals surface area contributed by atoms with Crippen LogP contribution < -0.4 is 15.5 Å². The van der Waals surface area contributed by atoms with Crippen molar-refractivity contribution in [3.8, 4) is 5.75 Å². The van der Waals surface area contributed by atoms with Crippen molar-refractivity contribution in [3.63, 3.8) is 0 Å². The molecule has 1 aromatic heterocycles. The summed E-state index contributed by atoms with van der Waals surface area (Å²) in [7, 11) is 1.49. The number of methoxy groups -OCH3 is 1. The van der Waals surface area contributed by atoms with Crippen LogP contribution in [0.4, 0.5) is 0 Å². The van der Waals surface area contributed by atoms with Crippen molar-refractivity contribution >= 4 is 17.5 Å². The van der Waals surface area contributed by atoms with Crippen LogP contribution >= 0.6 is 0 Å². The highest BCUT2D eigenvalue weighted by Crippen LogP contribution is 2.16. The monoisotopic (exact) mass is 340 g/mol. The summed E-state index contributed by atoms with van der Waals surface area (Å²) >= 11 is 0. The Morgan fingerprint density at radius 1 is 1.20 bits per heavy atom. The predicted octanol–water partition coefficient (Wildman–Crippen LogP) is 1.90. The highest BCUT2D eigenvalue weighted by Gasteiger charge is 2.11. The third-order valence-corrected chi connectivity index (χ3v) is 3.33. The molecule has 0 saturated heterocycles. The Morgan fingerprint density at radius 2 is 2.00 bits per heavy atom. The lowest BCUT2D eigenvalue weighted by Gasteiger charge is -2.07. The summed E-state index contributed by atoms with van der Waals surface area (Å²) in [5.41, 5.74) is 4.21. The Labute approximate surface area is 146 Å². The van der Waals surface area contributed by atoms with E-state index in [1.165, 1.54) is 7.11 Å². The van der Waals surface area contributed by atoms with Crippen LogP contribution in [0, 0.1) is 0 Å². The van der Waals surface area contributed by atoms with Crippen LogP contribution in [0.3, 0.4) is 0 Å². The summed E-state index contributed by atoms with van der Waals surface area (Å²) in [4.78, 5) is 28.0. The van der Waals surface area contributed by atoms with Crippen LogP contribution in [0.25, 0.3) is 0 Å². The fraction of sp³-hybridized carbons (Fsp3) is 0.222. The van der Waals surface area contributed by atoms with E-state index in [4.69, 9.17) is 4.74 Å². The molecule has 0 aliphatic heterocycles. The second kappa shape index (κ2) is 9.17. The number of carbonyl (C=O) groups is 2. The van der Waals surface area contributed by atoms with Gasteiger partial charge in [-0.15, -0.1) is 0 Å². The molecule has 2 amide bonds. The predicted molar refractivity (Wildman–Crippen MR) is 94.3 cm³/mol. The Hall–Kier alpha value is -3.22. The van der Waals surface area contributed by atoms with Gasteiger partial charge in [-0.05, 0) is 30.7 Å². The van der Waals surface area contributed by atoms with Gasteiger partial charge in [0.2, 0.25) is 5.91 Å². The largest absolute Gasteiger partial charge is 0.496 e. The zero-order valence-corrected chi connectivity index (χ0v) is 14.2. The zero-order valence-electron chi connectivity index (χ0n) is 14.2. The lowest BCUT2D eigenvalue weighted by atomic mass is 10.2. The van der Waals surface area contributed by atoms with E-state index >= 15 is 0 Å². The number of carbonyl (C=O) groups excluding carboxylic acids is 2. The molecule has 0 bridgehead atoms. The van der Waals surface area contributed by atoms with Crippen molar-refractivity contribution in [1.29, 1.82) is 0 Å². The van der Waals surface area contributed by atoms with Gasteiger partial charge in [0.05, 0.1) is 19.1 Å². The second-order valence-corrected chi connectivity index (χ2v) is 5.30. The lowest BCUT2D eigenvalue weighted by molar-refractivity contribution is -0.120. The molecular weight excluding hydrogens is 320 g/mol. The zero-order chi connectivity index (χ0) is 18.1. The number of amides is 2. The summed E-state index contributed by atoms with van der Waals surface area (Å²) in [5.74, 6) is -0.119. The molecule has 0 aliphatic rings. The van der Waals surface area contributed by atoms with Gasteiger partial charge in [-0.3, -0.25) is 14.6 Å². The van der Waals surface area contributed by atoms with Gasteiger partial charge in [0.25, 0.3) is 5.91 Å². The first-order chi connectivity index (χ1) is 12.1. The number of para-hydroxylation sites is 1. The van der Waals surface area contributed by atoms with E-state index in [0.29, 0.717) is 23.6 Å². The second-order valence-electron chi connectivity index (χ2n) is 5.30. The molecule has 7 heteroatoms. The van der Waals surface area contributed by atoms with Crippen LogP contribution in [0.2, 0.25) is 0 Å². The van der Waals surface area contributed by atoms with Crippen molar-refractivity contribution in [2.24, 2.45) is 5.10 Å². The number of nitrogens with zero attached hydrogens (tertiary/aromatic N) is 2. The third kappa shape index (κ3) is 5.72. The maximum atomic E-state index is 12.1. The minimum Gasteiger partial charge on any atom is -0.496 e. The van der Waals surface area contributed by atoms with E-state index in [-0.39, 0.29) is 12.3 Å². The van der Waals surface area contributed by atoms with Crippen molar-refractivity contribution in [3.05, 3.63) is 59.9 Å². The first kappa shape index (κ1) is 18.1. The van der Waals surface area contributed by atoms with E-state index in [0.717, 1.165) is 5.56 Å². The number of benzene rings is 1. The van der Waals surface area contributed by atoms with Gasteiger partial charge in [-0.2, -0.15) is 5.10 Å². The highest BCUT2D eigenvalue weighted by molar-refractivity contribution is 6.01. The molecule has 0 spiro atoms. The lowest BCUT2D eigenvalue weighted by Crippen LogP contribution is -2.26. The average Bonchev–Trinajstić information content (AvgIpc) is 2.65. The average molecular weight is 340 g/mol. The molecule has 2 aromatic rings. The molecule has 0 fully saturated rings. The third-order valence-electron chi connectivity index (χ3n) is 3.33. The Balaban J connectivity index is 1.84. The van der Waals surface area contributed by atoms with Gasteiger partial charge in [-0.1, -0.05) is 18.2 Å². The Bertz CT molecular complexity index is 760. The van der Waals surface area contributed by atoms with Crippen molar-refractivity contribution in [2.45, 2.75) is 19.9 Å². The molecule has 130 valence electrons. The summed E-state index contributed by atoms with van der Waals surface area (Å²) in [6, 6.07) is 10.5. The van der Waals surface area contributed by atoms with Gasteiger partial charge >= 0.3 is 0 Å². The molecule has 0 unspecified atom stereocenters. The first-order valence-electron chi connectivity index (χ1n) is 7.72. The smallest absolute Gasteiger partial charge is 0.275 e. The summed E-state index contributed by atoms with van der Waals surface area (Å²) in [6.45, 7) is 2.07. The molecule has 0 atom stereocenters. The van der Waals surface area contributed by atoms with Crippen molar-refractivity contribution < 1.29 is 14.3 Å². The molecule has 1 heterocycles. The van der Waals surface area contributed by atoms with Crippen molar-refractivity contribution in [2.75, 3.05) is 7.11 Å². The summed E-state index contributed by atoms with van der Waals surface area (Å²) < 4.78 is 5.13. The number of nitrogens with one attached hydrogen (secondary N) is 2. The minimum atomic E-state index is -0.396. The maximum Gasteiger partial charge on any atom is 0.275 e. The van der Waals surface area contributed by atoms with E-state index < -0.39 is 5.91 Å². The molecule has 2 N–H and O–H groups in total. The standard InChI is InChI=1S/C18H20N4O3/c1-13(10-17(23)20-12-14-6-5-9-19-11-14)21-22-18(24)15-7-3-4-8-16(15)25-2/h3-9,11H,10,12H2,1-2H3,(H,20,23)(H,22,24). The Morgan fingerprint density at radius 3 is 2.72 bits per heavy atom. The Kier molecular flexibility index (Phi) is 6.65. The summed E-state index contributed by atoms with van der Waals surface area (Å²) in [5, 5.41) is 6.73. The fourth-order valence-corrected chi connectivity index (χ4v) is 2.08. The van der Waals surface area contributed by atoms with E-state index in [2.05, 4.69) is 20.8 Å². The molecule has 0 aliphatic carbocycles. The molecular formula is C18H20N4O3.